The molecule has 0 aliphatic heterocycles. The lowest BCUT2D eigenvalue weighted by molar-refractivity contribution is -0.197. The summed E-state index contributed by atoms with van der Waals surface area (Å²) in [5.74, 6) is 0.00954. The van der Waals surface area contributed by atoms with Gasteiger partial charge in [-0.2, -0.15) is 0 Å². The molecule has 1 aromatic rings. The normalized spacial score (nSPS) is 42.5. The van der Waals surface area contributed by atoms with E-state index in [1.165, 1.54) is 18.6 Å². The summed E-state index contributed by atoms with van der Waals surface area (Å²) in [5.41, 5.74) is -0.930. The number of rotatable bonds is 3. The van der Waals surface area contributed by atoms with Crippen LogP contribution in [0, 0.1) is 23.6 Å². The third-order valence-corrected chi connectivity index (χ3v) is 6.47. The van der Waals surface area contributed by atoms with Gasteiger partial charge in [-0.05, 0) is 67.6 Å². The minimum absolute atomic E-state index is 0.0702. The number of carbonyl (C=O) groups is 1. The van der Waals surface area contributed by atoms with Crippen molar-refractivity contribution in [2.75, 3.05) is 0 Å². The lowest BCUT2D eigenvalue weighted by atomic mass is 9.41. The quantitative estimate of drug-likeness (QED) is 0.902. The Kier molecular flexibility index (Phi) is 2.93. The van der Waals surface area contributed by atoms with Crippen LogP contribution >= 0.6 is 0 Å². The molecule has 4 aliphatic carbocycles. The lowest BCUT2D eigenvalue weighted by Gasteiger charge is -2.65. The minimum Gasteiger partial charge on any atom is -0.481 e. The first kappa shape index (κ1) is 14.2. The Bertz CT molecular complexity index is 597. The molecular formula is C18H21FO3. The molecule has 4 fully saturated rings. The van der Waals surface area contributed by atoms with Gasteiger partial charge in [-0.15, -0.1) is 0 Å². The molecular weight excluding hydrogens is 283 g/mol. The number of hydrogen-bond acceptors (Lipinski definition) is 2. The average molecular weight is 304 g/mol. The summed E-state index contributed by atoms with van der Waals surface area (Å²) in [4.78, 5) is 11.6. The van der Waals surface area contributed by atoms with Crippen LogP contribution in [-0.4, -0.2) is 21.8 Å². The molecule has 5 rings (SSSR count). The Morgan fingerprint density at radius 3 is 2.23 bits per heavy atom. The highest BCUT2D eigenvalue weighted by molar-refractivity contribution is 5.70. The van der Waals surface area contributed by atoms with Crippen LogP contribution < -0.4 is 0 Å². The number of aliphatic carboxylic acids is 1. The van der Waals surface area contributed by atoms with E-state index < -0.39 is 17.0 Å². The molecule has 3 nitrogen and oxygen atoms in total. The van der Waals surface area contributed by atoms with Gasteiger partial charge < -0.3 is 10.2 Å². The molecule has 0 amide bonds. The number of halogens is 1. The zero-order valence-electron chi connectivity index (χ0n) is 12.5. The summed E-state index contributed by atoms with van der Waals surface area (Å²) >= 11 is 0. The number of aliphatic hydroxyl groups is 1. The van der Waals surface area contributed by atoms with Crippen LogP contribution in [0.5, 0.6) is 0 Å². The summed E-state index contributed by atoms with van der Waals surface area (Å²) < 4.78 is 13.3. The summed E-state index contributed by atoms with van der Waals surface area (Å²) in [7, 11) is 0. The smallest absolute Gasteiger partial charge is 0.304 e. The van der Waals surface area contributed by atoms with Crippen molar-refractivity contribution in [3.63, 3.8) is 0 Å². The largest absolute Gasteiger partial charge is 0.481 e. The Hall–Kier alpha value is -1.42. The van der Waals surface area contributed by atoms with E-state index in [1.54, 1.807) is 12.1 Å². The van der Waals surface area contributed by atoms with Crippen molar-refractivity contribution in [3.05, 3.63) is 35.6 Å². The fraction of sp³-hybridized carbons (Fsp3) is 0.611. The fourth-order valence-electron chi connectivity index (χ4n) is 5.98. The molecule has 3 atom stereocenters. The monoisotopic (exact) mass is 304 g/mol. The molecule has 1 aromatic carbocycles. The van der Waals surface area contributed by atoms with Crippen LogP contribution in [0.2, 0.25) is 0 Å². The second kappa shape index (κ2) is 4.54. The molecule has 0 aromatic heterocycles. The zero-order chi connectivity index (χ0) is 15.5. The summed E-state index contributed by atoms with van der Waals surface area (Å²) in [6.07, 6.45) is 4.45. The van der Waals surface area contributed by atoms with Gasteiger partial charge in [0.2, 0.25) is 0 Å². The highest BCUT2D eigenvalue weighted by atomic mass is 19.1. The first-order valence-electron chi connectivity index (χ1n) is 8.13. The second-order valence-corrected chi connectivity index (χ2v) is 7.62. The van der Waals surface area contributed by atoms with Crippen molar-refractivity contribution < 1.29 is 19.4 Å². The molecule has 0 heterocycles. The number of carboxylic acid groups (broad SMARTS) is 1. The number of carboxylic acids is 1. The molecule has 2 N–H and O–H groups in total. The van der Waals surface area contributed by atoms with E-state index in [4.69, 9.17) is 0 Å². The van der Waals surface area contributed by atoms with Crippen molar-refractivity contribution in [2.45, 2.75) is 49.5 Å². The van der Waals surface area contributed by atoms with Gasteiger partial charge in [0.1, 0.15) is 5.82 Å². The molecule has 22 heavy (non-hydrogen) atoms. The Labute approximate surface area is 129 Å². The van der Waals surface area contributed by atoms with Crippen LogP contribution in [0.3, 0.4) is 0 Å². The Balaban J connectivity index is 1.87. The zero-order valence-corrected chi connectivity index (χ0v) is 12.5. The highest BCUT2D eigenvalue weighted by Crippen LogP contribution is 2.65. The third-order valence-electron chi connectivity index (χ3n) is 6.47. The predicted octanol–water partition coefficient (Wildman–Crippen LogP) is 3.11. The van der Waals surface area contributed by atoms with Crippen molar-refractivity contribution in [2.24, 2.45) is 17.8 Å². The molecule has 0 saturated heterocycles. The first-order chi connectivity index (χ1) is 10.4. The van der Waals surface area contributed by atoms with Gasteiger partial charge in [-0.25, -0.2) is 4.39 Å². The topological polar surface area (TPSA) is 57.5 Å². The standard InChI is InChI=1S/C18H21FO3/c19-15-3-1-13(2-4-15)18(10-16(20)21)14-6-11-5-12(7-14)9-17(18,22)8-11/h1-4,11-12,14,22H,5-10H2,(H,20,21)/t11?,12?,14?,17?,18-/m1/s1. The van der Waals surface area contributed by atoms with Crippen LogP contribution in [-0.2, 0) is 10.2 Å². The van der Waals surface area contributed by atoms with Crippen LogP contribution in [0.1, 0.15) is 44.1 Å². The molecule has 0 spiro atoms. The van der Waals surface area contributed by atoms with Gasteiger partial charge in [-0.1, -0.05) is 12.1 Å². The maximum Gasteiger partial charge on any atom is 0.304 e. The summed E-state index contributed by atoms with van der Waals surface area (Å²) in [5, 5.41) is 20.9. The van der Waals surface area contributed by atoms with Crippen LogP contribution in [0.15, 0.2) is 24.3 Å². The lowest BCUT2D eigenvalue weighted by Crippen LogP contribution is -2.67. The van der Waals surface area contributed by atoms with E-state index in [0.717, 1.165) is 18.4 Å². The van der Waals surface area contributed by atoms with Gasteiger partial charge in [0, 0.05) is 5.41 Å². The van der Waals surface area contributed by atoms with Crippen LogP contribution in [0.4, 0.5) is 4.39 Å². The van der Waals surface area contributed by atoms with E-state index in [2.05, 4.69) is 0 Å². The van der Waals surface area contributed by atoms with Crippen molar-refractivity contribution >= 4 is 5.97 Å². The van der Waals surface area contributed by atoms with Crippen LogP contribution in [0.25, 0.3) is 0 Å². The van der Waals surface area contributed by atoms with Crippen molar-refractivity contribution in [1.82, 2.24) is 0 Å². The van der Waals surface area contributed by atoms with Crippen molar-refractivity contribution in [3.8, 4) is 0 Å². The molecule has 4 aliphatic rings. The molecule has 4 saturated carbocycles. The minimum atomic E-state index is -0.960. The number of hydrogen-bond donors (Lipinski definition) is 2. The van der Waals surface area contributed by atoms with E-state index in [-0.39, 0.29) is 18.2 Å². The van der Waals surface area contributed by atoms with E-state index >= 15 is 0 Å². The average Bonchev–Trinajstić information content (AvgIpc) is 2.42. The molecule has 4 heteroatoms. The second-order valence-electron chi connectivity index (χ2n) is 7.62. The fourth-order valence-corrected chi connectivity index (χ4v) is 5.98. The van der Waals surface area contributed by atoms with Crippen molar-refractivity contribution in [1.29, 1.82) is 0 Å². The highest BCUT2D eigenvalue weighted by Gasteiger charge is 2.66. The van der Waals surface area contributed by atoms with Gasteiger partial charge >= 0.3 is 5.97 Å². The third kappa shape index (κ3) is 1.79. The predicted molar refractivity (Wildman–Crippen MR) is 78.8 cm³/mol. The van der Waals surface area contributed by atoms with E-state index in [1.807, 2.05) is 0 Å². The van der Waals surface area contributed by atoms with E-state index in [0.29, 0.717) is 24.7 Å². The van der Waals surface area contributed by atoms with Gasteiger partial charge in [0.15, 0.2) is 0 Å². The summed E-state index contributed by atoms with van der Waals surface area (Å²) in [6, 6.07) is 6.12. The number of benzene rings is 1. The Morgan fingerprint density at radius 1 is 1.14 bits per heavy atom. The SMILES string of the molecule is O=C(O)C[C@@]1(c2ccc(F)cc2)C2CC3CC(C2)CC1(O)C3. The molecule has 0 radical (unpaired) electrons. The summed E-state index contributed by atoms with van der Waals surface area (Å²) in [6.45, 7) is 0. The van der Waals surface area contributed by atoms with E-state index in [9.17, 15) is 19.4 Å². The van der Waals surface area contributed by atoms with Gasteiger partial charge in [0.25, 0.3) is 0 Å². The van der Waals surface area contributed by atoms with Gasteiger partial charge in [0.05, 0.1) is 12.0 Å². The van der Waals surface area contributed by atoms with Gasteiger partial charge in [-0.3, -0.25) is 4.79 Å². The maximum atomic E-state index is 13.3. The molecule has 118 valence electrons. The first-order valence-corrected chi connectivity index (χ1v) is 8.13. The molecule has 2 unspecified atom stereocenters. The Morgan fingerprint density at radius 2 is 1.73 bits per heavy atom. The molecule has 4 bridgehead atoms. The maximum absolute atomic E-state index is 13.3.